The van der Waals surface area contributed by atoms with Crippen molar-refractivity contribution in [2.24, 2.45) is 0 Å². The Morgan fingerprint density at radius 3 is 2.95 bits per heavy atom. The van der Waals surface area contributed by atoms with Gasteiger partial charge >= 0.3 is 0 Å². The third-order valence-electron chi connectivity index (χ3n) is 3.08. The van der Waals surface area contributed by atoms with Gasteiger partial charge in [0.05, 0.1) is 5.52 Å². The molecule has 2 rings (SSSR count). The number of aromatic nitrogens is 2. The molecule has 0 spiro atoms. The van der Waals surface area contributed by atoms with Gasteiger partial charge < -0.3 is 9.88 Å². The third kappa shape index (κ3) is 2.42. The fourth-order valence-corrected chi connectivity index (χ4v) is 2.32. The van der Waals surface area contributed by atoms with E-state index in [1.165, 1.54) is 6.07 Å². The number of benzene rings is 1. The van der Waals surface area contributed by atoms with Gasteiger partial charge in [0.15, 0.2) is 5.82 Å². The number of aryl methyl sites for hydroxylation is 1. The number of imidazole rings is 1. The van der Waals surface area contributed by atoms with Crippen molar-refractivity contribution in [3.63, 3.8) is 0 Å². The smallest absolute Gasteiger partial charge is 0.242 e. The fourth-order valence-electron chi connectivity index (χ4n) is 2.15. The number of carbonyl (C=O) groups is 1. The first-order valence-electron chi connectivity index (χ1n) is 6.03. The summed E-state index contributed by atoms with van der Waals surface area (Å²) in [5, 5.41) is 2.59. The van der Waals surface area contributed by atoms with Gasteiger partial charge in [0, 0.05) is 19.3 Å². The Kier molecular flexibility index (Phi) is 4.04. The van der Waals surface area contributed by atoms with Crippen LogP contribution >= 0.6 is 11.6 Å². The second-order valence-corrected chi connectivity index (χ2v) is 4.61. The molecule has 0 bridgehead atoms. The second kappa shape index (κ2) is 5.57. The summed E-state index contributed by atoms with van der Waals surface area (Å²) in [6, 6.07) is 4.25. The summed E-state index contributed by atoms with van der Waals surface area (Å²) in [6.07, 6.45) is 0.483. The minimum Gasteiger partial charge on any atom is -0.357 e. The highest BCUT2D eigenvalue weighted by Crippen LogP contribution is 2.24. The van der Waals surface area contributed by atoms with Crippen molar-refractivity contribution in [2.75, 3.05) is 12.9 Å². The van der Waals surface area contributed by atoms with Gasteiger partial charge in [0.25, 0.3) is 0 Å². The summed E-state index contributed by atoms with van der Waals surface area (Å²) >= 11 is 5.75. The van der Waals surface area contributed by atoms with Gasteiger partial charge in [-0.25, -0.2) is 9.37 Å². The van der Waals surface area contributed by atoms with Gasteiger partial charge in [0.1, 0.15) is 17.4 Å². The van der Waals surface area contributed by atoms with Gasteiger partial charge in [-0.2, -0.15) is 0 Å². The number of likely N-dealkylation sites (N-methyl/N-ethyl adjacent to an activating group) is 1. The van der Waals surface area contributed by atoms with Crippen LogP contribution in [0.2, 0.25) is 0 Å². The normalized spacial score (nSPS) is 12.6. The Bertz CT molecular complexity index is 611. The van der Waals surface area contributed by atoms with Crippen molar-refractivity contribution in [1.29, 1.82) is 0 Å². The Morgan fingerprint density at radius 2 is 2.32 bits per heavy atom. The van der Waals surface area contributed by atoms with Gasteiger partial charge in [-0.15, -0.1) is 11.6 Å². The predicted molar refractivity (Wildman–Crippen MR) is 72.9 cm³/mol. The average Bonchev–Trinajstić information content (AvgIpc) is 2.77. The van der Waals surface area contributed by atoms with Crippen molar-refractivity contribution < 1.29 is 9.18 Å². The summed E-state index contributed by atoms with van der Waals surface area (Å²) in [7, 11) is 1.57. The van der Waals surface area contributed by atoms with Crippen LogP contribution < -0.4 is 5.32 Å². The molecule has 0 saturated carbocycles. The molecule has 1 heterocycles. The molecule has 1 aromatic carbocycles. The summed E-state index contributed by atoms with van der Waals surface area (Å²) < 4.78 is 15.5. The van der Waals surface area contributed by atoms with E-state index in [1.807, 2.05) is 0 Å². The van der Waals surface area contributed by atoms with Crippen LogP contribution in [0.4, 0.5) is 4.39 Å². The maximum Gasteiger partial charge on any atom is 0.242 e. The van der Waals surface area contributed by atoms with Gasteiger partial charge in [-0.1, -0.05) is 6.07 Å². The maximum atomic E-state index is 13.8. The first kappa shape index (κ1) is 13.8. The lowest BCUT2D eigenvalue weighted by molar-refractivity contribution is -0.123. The number of fused-ring (bicyclic) bond motifs is 1. The van der Waals surface area contributed by atoms with Crippen LogP contribution in [0.25, 0.3) is 11.0 Å². The van der Waals surface area contributed by atoms with Crippen LogP contribution in [0, 0.1) is 5.82 Å². The summed E-state index contributed by atoms with van der Waals surface area (Å²) in [5.74, 6) is 0.438. The fraction of sp³-hybridized carbons (Fsp3) is 0.385. The molecule has 4 nitrogen and oxygen atoms in total. The van der Waals surface area contributed by atoms with Crippen molar-refractivity contribution in [3.8, 4) is 0 Å². The second-order valence-electron chi connectivity index (χ2n) is 4.23. The quantitative estimate of drug-likeness (QED) is 0.875. The number of para-hydroxylation sites is 1. The Labute approximate surface area is 115 Å². The molecule has 1 amide bonds. The molecule has 1 aromatic heterocycles. The number of halogens is 2. The molecular weight excluding hydrogens is 269 g/mol. The monoisotopic (exact) mass is 283 g/mol. The number of nitrogens with zero attached hydrogens (tertiary/aromatic N) is 2. The molecule has 1 unspecified atom stereocenters. The van der Waals surface area contributed by atoms with Crippen molar-refractivity contribution in [2.45, 2.75) is 19.4 Å². The first-order valence-corrected chi connectivity index (χ1v) is 6.56. The lowest BCUT2D eigenvalue weighted by atomic mass is 10.2. The molecule has 102 valence electrons. The summed E-state index contributed by atoms with van der Waals surface area (Å²) in [6.45, 7) is 1.75. The van der Waals surface area contributed by atoms with E-state index < -0.39 is 11.9 Å². The minimum absolute atomic E-state index is 0.153. The molecule has 6 heteroatoms. The number of carbonyl (C=O) groups excluding carboxylic acids is 1. The topological polar surface area (TPSA) is 46.9 Å². The average molecular weight is 284 g/mol. The van der Waals surface area contributed by atoms with E-state index in [9.17, 15) is 9.18 Å². The van der Waals surface area contributed by atoms with Crippen molar-refractivity contribution >= 4 is 28.5 Å². The van der Waals surface area contributed by atoms with Crippen LogP contribution in [-0.2, 0) is 11.2 Å². The molecule has 0 aliphatic rings. The molecule has 0 aliphatic heterocycles. The largest absolute Gasteiger partial charge is 0.357 e. The number of hydrogen-bond acceptors (Lipinski definition) is 2. The molecule has 2 aromatic rings. The molecule has 0 radical (unpaired) electrons. The molecule has 0 aliphatic carbocycles. The van der Waals surface area contributed by atoms with Crippen LogP contribution in [0.3, 0.4) is 0 Å². The molecule has 1 atom stereocenters. The van der Waals surface area contributed by atoms with Crippen LogP contribution in [0.15, 0.2) is 18.2 Å². The molecule has 0 fully saturated rings. The SMILES string of the molecule is CNC(=O)C(C)n1c(CCCl)nc2c(F)cccc21. The van der Waals surface area contributed by atoms with E-state index in [-0.39, 0.29) is 11.4 Å². The van der Waals surface area contributed by atoms with E-state index in [0.717, 1.165) is 0 Å². The summed E-state index contributed by atoms with van der Waals surface area (Å²) in [4.78, 5) is 16.1. The van der Waals surface area contributed by atoms with E-state index in [1.54, 1.807) is 30.7 Å². The standard InChI is InChI=1S/C13H15ClFN3O/c1-8(13(19)16-2)18-10-5-3-4-9(15)12(10)17-11(18)6-7-14/h3-5,8H,6-7H2,1-2H3,(H,16,19). The molecule has 0 saturated heterocycles. The number of rotatable bonds is 4. The Hall–Kier alpha value is -1.62. The van der Waals surface area contributed by atoms with E-state index in [4.69, 9.17) is 11.6 Å². The highest BCUT2D eigenvalue weighted by molar-refractivity contribution is 6.17. The highest BCUT2D eigenvalue weighted by Gasteiger charge is 2.21. The van der Waals surface area contributed by atoms with Crippen LogP contribution in [0.1, 0.15) is 18.8 Å². The van der Waals surface area contributed by atoms with Crippen LogP contribution in [-0.4, -0.2) is 28.4 Å². The lowest BCUT2D eigenvalue weighted by Crippen LogP contribution is -2.28. The Balaban J connectivity index is 2.64. The number of amides is 1. The van der Waals surface area contributed by atoms with E-state index >= 15 is 0 Å². The first-order chi connectivity index (χ1) is 9.10. The number of alkyl halides is 1. The third-order valence-corrected chi connectivity index (χ3v) is 3.26. The summed E-state index contributed by atoms with van der Waals surface area (Å²) in [5.41, 5.74) is 0.884. The van der Waals surface area contributed by atoms with E-state index in [2.05, 4.69) is 10.3 Å². The molecular formula is C13H15ClFN3O. The van der Waals surface area contributed by atoms with Gasteiger partial charge in [-0.3, -0.25) is 4.79 Å². The minimum atomic E-state index is -0.463. The van der Waals surface area contributed by atoms with Gasteiger partial charge in [-0.05, 0) is 19.1 Å². The number of nitrogens with one attached hydrogen (secondary N) is 1. The van der Waals surface area contributed by atoms with E-state index in [0.29, 0.717) is 23.6 Å². The molecule has 19 heavy (non-hydrogen) atoms. The highest BCUT2D eigenvalue weighted by atomic mass is 35.5. The lowest BCUT2D eigenvalue weighted by Gasteiger charge is -2.15. The zero-order valence-corrected chi connectivity index (χ0v) is 11.5. The van der Waals surface area contributed by atoms with Gasteiger partial charge in [0.2, 0.25) is 5.91 Å². The predicted octanol–water partition coefficient (Wildman–Crippen LogP) is 2.26. The number of hydrogen-bond donors (Lipinski definition) is 1. The zero-order chi connectivity index (χ0) is 14.0. The van der Waals surface area contributed by atoms with Crippen molar-refractivity contribution in [3.05, 3.63) is 29.8 Å². The maximum absolute atomic E-state index is 13.8. The van der Waals surface area contributed by atoms with Crippen LogP contribution in [0.5, 0.6) is 0 Å². The Morgan fingerprint density at radius 1 is 1.58 bits per heavy atom. The molecule has 1 N–H and O–H groups in total. The zero-order valence-electron chi connectivity index (χ0n) is 10.8. The van der Waals surface area contributed by atoms with Crippen molar-refractivity contribution in [1.82, 2.24) is 14.9 Å².